The van der Waals surface area contributed by atoms with Crippen LogP contribution in [0.1, 0.15) is 6.42 Å². The predicted molar refractivity (Wildman–Crippen MR) is 31.2 cm³/mol. The third kappa shape index (κ3) is 4.44. The van der Waals surface area contributed by atoms with Gasteiger partial charge in [0.1, 0.15) is 0 Å². The fraction of sp³-hybridized carbons (Fsp3) is 0.500. The summed E-state index contributed by atoms with van der Waals surface area (Å²) in [7, 11) is 0. The second kappa shape index (κ2) is 3.62. The summed E-state index contributed by atoms with van der Waals surface area (Å²) >= 11 is 3.21. The molecule has 0 saturated heterocycles. The van der Waals surface area contributed by atoms with Crippen LogP contribution >= 0.6 is 15.9 Å². The lowest BCUT2D eigenvalue weighted by Crippen LogP contribution is -1.96. The minimum absolute atomic E-state index is 0.280. The van der Waals surface area contributed by atoms with Gasteiger partial charge in [0.05, 0.1) is 0 Å². The molecule has 0 bridgehead atoms. The molecule has 0 fully saturated rings. The average Bonchev–Trinajstić information content (AvgIpc) is 1.35. The molecule has 0 aliphatic heterocycles. The first kappa shape index (κ1) is 6.44. The van der Waals surface area contributed by atoms with Crippen molar-refractivity contribution in [3.63, 3.8) is 0 Å². The predicted octanol–water partition coefficient (Wildman–Crippen LogP) is 1.09. The van der Waals surface area contributed by atoms with E-state index in [1.165, 1.54) is 0 Å². The van der Waals surface area contributed by atoms with Crippen LogP contribution in [0.4, 0.5) is 0 Å². The number of alkyl halides is 1. The van der Waals surface area contributed by atoms with Gasteiger partial charge in [-0.25, -0.2) is 0 Å². The van der Waals surface area contributed by atoms with E-state index in [-0.39, 0.29) is 4.83 Å². The van der Waals surface area contributed by atoms with Gasteiger partial charge in [-0.2, -0.15) is 0 Å². The smallest absolute Gasteiger partial charge is 0.0203 e. The van der Waals surface area contributed by atoms with Crippen molar-refractivity contribution < 1.29 is 0 Å². The van der Waals surface area contributed by atoms with Gasteiger partial charge in [-0.05, 0) is 13.3 Å². The van der Waals surface area contributed by atoms with E-state index < -0.39 is 0 Å². The van der Waals surface area contributed by atoms with E-state index in [1.807, 2.05) is 0 Å². The lowest BCUT2D eigenvalue weighted by molar-refractivity contribution is 0.982. The van der Waals surface area contributed by atoms with Crippen LogP contribution in [0.5, 0.6) is 0 Å². The zero-order valence-corrected chi connectivity index (χ0v) is 5.11. The van der Waals surface area contributed by atoms with Gasteiger partial charge in [0, 0.05) is 11.4 Å². The van der Waals surface area contributed by atoms with Crippen molar-refractivity contribution in [2.24, 2.45) is 5.73 Å². The number of halogens is 1. The first-order valence-corrected chi connectivity index (χ1v) is 2.69. The molecule has 0 aromatic carbocycles. The van der Waals surface area contributed by atoms with Crippen molar-refractivity contribution in [1.82, 2.24) is 0 Å². The maximum absolute atomic E-state index is 5.03. The molecular formula is C4H8BrN. The van der Waals surface area contributed by atoms with E-state index in [4.69, 9.17) is 5.73 Å². The lowest BCUT2D eigenvalue weighted by atomic mass is 10.3. The molecule has 0 spiro atoms. The molecule has 1 atom stereocenters. The largest absolute Gasteiger partial charge is 0.326 e. The Hall–Kier alpha value is 0.440. The SMILES string of the molecule is [CH2]C(Br)C[CH]N. The van der Waals surface area contributed by atoms with Crippen molar-refractivity contribution in [2.45, 2.75) is 11.2 Å². The highest BCUT2D eigenvalue weighted by atomic mass is 79.9. The summed E-state index contributed by atoms with van der Waals surface area (Å²) in [5, 5.41) is 0. The highest BCUT2D eigenvalue weighted by Crippen LogP contribution is 2.00. The number of rotatable bonds is 2. The first-order valence-electron chi connectivity index (χ1n) is 1.78. The lowest BCUT2D eigenvalue weighted by Gasteiger charge is -1.93. The average molecular weight is 150 g/mol. The van der Waals surface area contributed by atoms with E-state index in [0.29, 0.717) is 0 Å². The molecule has 0 aliphatic rings. The third-order valence-electron chi connectivity index (χ3n) is 0.392. The Morgan fingerprint density at radius 3 is 2.50 bits per heavy atom. The zero-order chi connectivity index (χ0) is 4.99. The maximum atomic E-state index is 5.03. The van der Waals surface area contributed by atoms with Crippen LogP contribution in [0.3, 0.4) is 0 Å². The molecule has 0 amide bonds. The molecule has 2 N–H and O–H groups in total. The van der Waals surface area contributed by atoms with Gasteiger partial charge in [-0.3, -0.25) is 0 Å². The van der Waals surface area contributed by atoms with Crippen LogP contribution in [0.15, 0.2) is 0 Å². The van der Waals surface area contributed by atoms with Crippen molar-refractivity contribution in [3.8, 4) is 0 Å². The molecule has 2 radical (unpaired) electrons. The van der Waals surface area contributed by atoms with E-state index in [1.54, 1.807) is 6.54 Å². The van der Waals surface area contributed by atoms with Crippen molar-refractivity contribution in [1.29, 1.82) is 0 Å². The second-order valence-electron chi connectivity index (χ2n) is 1.07. The van der Waals surface area contributed by atoms with Crippen LogP contribution in [0.25, 0.3) is 0 Å². The van der Waals surface area contributed by atoms with Crippen molar-refractivity contribution in [2.75, 3.05) is 0 Å². The summed E-state index contributed by atoms with van der Waals surface area (Å²) in [6, 6.07) is 0. The Labute approximate surface area is 47.0 Å². The summed E-state index contributed by atoms with van der Waals surface area (Å²) in [6.45, 7) is 5.22. The van der Waals surface area contributed by atoms with Crippen LogP contribution < -0.4 is 5.73 Å². The first-order chi connectivity index (χ1) is 2.77. The molecule has 0 aromatic heterocycles. The zero-order valence-electron chi connectivity index (χ0n) is 3.52. The minimum atomic E-state index is 0.280. The van der Waals surface area contributed by atoms with Gasteiger partial charge < -0.3 is 5.73 Å². The molecular weight excluding hydrogens is 142 g/mol. The minimum Gasteiger partial charge on any atom is -0.326 e. The van der Waals surface area contributed by atoms with Crippen LogP contribution in [0, 0.1) is 13.5 Å². The summed E-state index contributed by atoms with van der Waals surface area (Å²) in [5.41, 5.74) is 5.03. The van der Waals surface area contributed by atoms with Crippen LogP contribution in [0.2, 0.25) is 0 Å². The number of nitrogens with two attached hydrogens (primary N) is 1. The summed E-state index contributed by atoms with van der Waals surface area (Å²) in [4.78, 5) is 0.280. The van der Waals surface area contributed by atoms with Gasteiger partial charge in [-0.15, -0.1) is 0 Å². The molecule has 36 valence electrons. The maximum Gasteiger partial charge on any atom is 0.0203 e. The summed E-state index contributed by atoms with van der Waals surface area (Å²) in [6.07, 6.45) is 0.833. The topological polar surface area (TPSA) is 26.0 Å². The molecule has 0 heterocycles. The number of hydrogen-bond donors (Lipinski definition) is 1. The molecule has 0 aromatic rings. The molecule has 1 nitrogen and oxygen atoms in total. The van der Waals surface area contributed by atoms with Crippen molar-refractivity contribution in [3.05, 3.63) is 13.5 Å². The van der Waals surface area contributed by atoms with Crippen molar-refractivity contribution >= 4 is 15.9 Å². The van der Waals surface area contributed by atoms with E-state index >= 15 is 0 Å². The normalized spacial score (nSPS) is 14.5. The molecule has 0 aliphatic carbocycles. The van der Waals surface area contributed by atoms with Gasteiger partial charge in [0.15, 0.2) is 0 Å². The Morgan fingerprint density at radius 1 is 2.00 bits per heavy atom. The highest BCUT2D eigenvalue weighted by molar-refractivity contribution is 9.09. The Balaban J connectivity index is 2.63. The Kier molecular flexibility index (Phi) is 3.89. The quantitative estimate of drug-likeness (QED) is 0.586. The van der Waals surface area contributed by atoms with E-state index in [9.17, 15) is 0 Å². The molecule has 6 heavy (non-hydrogen) atoms. The standard InChI is InChI=1S/C4H8BrN/c1-4(5)2-3-6/h3-4H,1-2,6H2. The highest BCUT2D eigenvalue weighted by Gasteiger charge is 1.88. The Bertz CT molecular complexity index is 28.7. The van der Waals surface area contributed by atoms with Gasteiger partial charge in [0.2, 0.25) is 0 Å². The fourth-order valence-electron chi connectivity index (χ4n) is 0.148. The van der Waals surface area contributed by atoms with E-state index in [0.717, 1.165) is 6.42 Å². The van der Waals surface area contributed by atoms with Gasteiger partial charge in [0.25, 0.3) is 0 Å². The summed E-state index contributed by atoms with van der Waals surface area (Å²) in [5.74, 6) is 0. The Morgan fingerprint density at radius 2 is 2.50 bits per heavy atom. The monoisotopic (exact) mass is 149 g/mol. The fourth-order valence-corrected chi connectivity index (χ4v) is 0.363. The second-order valence-corrected chi connectivity index (χ2v) is 2.36. The molecule has 0 saturated carbocycles. The van der Waals surface area contributed by atoms with Crippen LogP contribution in [-0.4, -0.2) is 4.83 Å². The van der Waals surface area contributed by atoms with E-state index in [2.05, 4.69) is 22.9 Å². The third-order valence-corrected chi connectivity index (χ3v) is 0.766. The molecule has 2 heteroatoms. The van der Waals surface area contributed by atoms with Gasteiger partial charge in [-0.1, -0.05) is 15.9 Å². The van der Waals surface area contributed by atoms with Crippen LogP contribution in [-0.2, 0) is 0 Å². The molecule has 0 rings (SSSR count). The number of hydrogen-bond acceptors (Lipinski definition) is 1. The molecule has 1 unspecified atom stereocenters. The summed E-state index contributed by atoms with van der Waals surface area (Å²) < 4.78 is 0. The van der Waals surface area contributed by atoms with Gasteiger partial charge >= 0.3 is 0 Å².